The predicted molar refractivity (Wildman–Crippen MR) is 165 cm³/mol. The van der Waals surface area contributed by atoms with Gasteiger partial charge in [-0.2, -0.15) is 0 Å². The fourth-order valence-electron chi connectivity index (χ4n) is 6.06. The van der Waals surface area contributed by atoms with E-state index in [1.165, 1.54) is 43.4 Å². The average Bonchev–Trinajstić information content (AvgIpc) is 3.39. The van der Waals surface area contributed by atoms with Gasteiger partial charge in [-0.3, -0.25) is 9.47 Å². The molecule has 4 aromatic rings. The van der Waals surface area contributed by atoms with Crippen molar-refractivity contribution in [1.82, 2.24) is 29.7 Å². The summed E-state index contributed by atoms with van der Waals surface area (Å²) < 4.78 is 2.16. The topological polar surface area (TPSA) is 84.9 Å². The monoisotopic (exact) mass is 537 g/mol. The lowest BCUT2D eigenvalue weighted by Gasteiger charge is -2.32. The van der Waals surface area contributed by atoms with Crippen LogP contribution < -0.4 is 11.1 Å². The molecular weight excluding hydrogens is 494 g/mol. The molecule has 40 heavy (non-hydrogen) atoms. The number of nitrogens with zero attached hydrogens (tertiary/aromatic N) is 5. The summed E-state index contributed by atoms with van der Waals surface area (Å²) in [6.07, 6.45) is 12.2. The van der Waals surface area contributed by atoms with Crippen LogP contribution in [0.25, 0.3) is 28.2 Å². The van der Waals surface area contributed by atoms with E-state index in [-0.39, 0.29) is 0 Å². The van der Waals surface area contributed by atoms with Crippen LogP contribution in [0.4, 0.5) is 5.82 Å². The first-order valence-corrected chi connectivity index (χ1v) is 15.0. The number of piperidine rings is 1. The van der Waals surface area contributed by atoms with Gasteiger partial charge in [0.2, 0.25) is 0 Å². The van der Waals surface area contributed by atoms with Crippen LogP contribution in [-0.4, -0.2) is 43.6 Å². The molecule has 6 rings (SSSR count). The first-order valence-electron chi connectivity index (χ1n) is 15.0. The Morgan fingerprint density at radius 3 is 2.40 bits per heavy atom. The van der Waals surface area contributed by atoms with E-state index in [1.54, 1.807) is 6.20 Å². The SMILES string of the molecule is C=CNC1CCN(Cc2ccc(-n3c(-c4cccnc4N)nc4ccc(C5CCCCC5)nc43)cc2)CC1.CC. The highest BCUT2D eigenvalue weighted by Crippen LogP contribution is 2.35. The highest BCUT2D eigenvalue weighted by atomic mass is 15.1. The average molecular weight is 538 g/mol. The maximum absolute atomic E-state index is 6.32. The molecule has 1 aliphatic carbocycles. The van der Waals surface area contributed by atoms with Crippen molar-refractivity contribution in [3.8, 4) is 17.1 Å². The molecule has 1 aliphatic heterocycles. The maximum atomic E-state index is 6.32. The first kappa shape index (κ1) is 27.8. The fraction of sp³-hybridized carbons (Fsp3) is 0.424. The van der Waals surface area contributed by atoms with Gasteiger partial charge in [0, 0.05) is 49.2 Å². The summed E-state index contributed by atoms with van der Waals surface area (Å²) in [4.78, 5) is 17.1. The number of hydrogen-bond acceptors (Lipinski definition) is 6. The second-order valence-electron chi connectivity index (χ2n) is 10.7. The van der Waals surface area contributed by atoms with Gasteiger partial charge in [-0.1, -0.05) is 51.8 Å². The van der Waals surface area contributed by atoms with Crippen molar-refractivity contribution >= 4 is 17.0 Å². The highest BCUT2D eigenvalue weighted by Gasteiger charge is 2.22. The van der Waals surface area contributed by atoms with Crippen molar-refractivity contribution in [2.24, 2.45) is 0 Å². The summed E-state index contributed by atoms with van der Waals surface area (Å²) in [6.45, 7) is 10.9. The van der Waals surface area contributed by atoms with Crippen LogP contribution in [-0.2, 0) is 6.54 Å². The number of fused-ring (bicyclic) bond motifs is 1. The molecule has 2 aliphatic rings. The van der Waals surface area contributed by atoms with Crippen molar-refractivity contribution in [2.75, 3.05) is 18.8 Å². The van der Waals surface area contributed by atoms with Gasteiger partial charge in [0.15, 0.2) is 11.5 Å². The molecule has 3 aromatic heterocycles. The van der Waals surface area contributed by atoms with Gasteiger partial charge in [0.05, 0.1) is 5.56 Å². The Morgan fingerprint density at radius 2 is 1.70 bits per heavy atom. The number of likely N-dealkylation sites (tertiary alicyclic amines) is 1. The number of rotatable bonds is 7. The zero-order valence-corrected chi connectivity index (χ0v) is 24.0. The van der Waals surface area contributed by atoms with Crippen LogP contribution in [0.15, 0.2) is 67.5 Å². The lowest BCUT2D eigenvalue weighted by Crippen LogP contribution is -2.40. The molecule has 4 heterocycles. The van der Waals surface area contributed by atoms with E-state index in [0.29, 0.717) is 17.8 Å². The summed E-state index contributed by atoms with van der Waals surface area (Å²) in [5, 5.41) is 3.36. The van der Waals surface area contributed by atoms with Gasteiger partial charge < -0.3 is 11.1 Å². The minimum absolute atomic E-state index is 0.475. The summed E-state index contributed by atoms with van der Waals surface area (Å²) in [5.41, 5.74) is 12.4. The largest absolute Gasteiger partial charge is 0.389 e. The number of pyridine rings is 2. The van der Waals surface area contributed by atoms with Crippen LogP contribution in [0, 0.1) is 0 Å². The molecule has 0 bridgehead atoms. The number of nitrogens with two attached hydrogens (primary N) is 1. The number of anilines is 1. The normalized spacial score (nSPS) is 16.9. The Hall–Kier alpha value is -3.71. The molecule has 0 spiro atoms. The van der Waals surface area contributed by atoms with Crippen molar-refractivity contribution in [3.05, 3.63) is 78.8 Å². The minimum atomic E-state index is 0.475. The van der Waals surface area contributed by atoms with E-state index in [4.69, 9.17) is 15.7 Å². The minimum Gasteiger partial charge on any atom is -0.389 e. The second kappa shape index (κ2) is 13.1. The molecule has 0 amide bonds. The van der Waals surface area contributed by atoms with Gasteiger partial charge in [-0.15, -0.1) is 0 Å². The quantitative estimate of drug-likeness (QED) is 0.269. The fourth-order valence-corrected chi connectivity index (χ4v) is 6.06. The molecule has 1 saturated heterocycles. The van der Waals surface area contributed by atoms with Crippen LogP contribution in [0.5, 0.6) is 0 Å². The number of nitrogens with one attached hydrogen (secondary N) is 1. The molecule has 0 atom stereocenters. The van der Waals surface area contributed by atoms with Crippen molar-refractivity contribution < 1.29 is 0 Å². The predicted octanol–water partition coefficient (Wildman–Crippen LogP) is 6.84. The van der Waals surface area contributed by atoms with Gasteiger partial charge in [-0.25, -0.2) is 15.0 Å². The van der Waals surface area contributed by atoms with Crippen LogP contribution in [0.3, 0.4) is 0 Å². The van der Waals surface area contributed by atoms with Gasteiger partial charge in [0.25, 0.3) is 0 Å². The van der Waals surface area contributed by atoms with Crippen molar-refractivity contribution in [2.45, 2.75) is 77.3 Å². The Balaban J connectivity index is 0.00000158. The lowest BCUT2D eigenvalue weighted by molar-refractivity contribution is 0.197. The van der Waals surface area contributed by atoms with E-state index < -0.39 is 0 Å². The van der Waals surface area contributed by atoms with E-state index in [9.17, 15) is 0 Å². The molecule has 0 radical (unpaired) electrons. The maximum Gasteiger partial charge on any atom is 0.165 e. The van der Waals surface area contributed by atoms with E-state index in [0.717, 1.165) is 60.7 Å². The molecule has 1 saturated carbocycles. The van der Waals surface area contributed by atoms with Crippen LogP contribution >= 0.6 is 0 Å². The molecule has 210 valence electrons. The molecule has 2 fully saturated rings. The Kier molecular flexibility index (Phi) is 9.12. The van der Waals surface area contributed by atoms with Gasteiger partial charge >= 0.3 is 0 Å². The molecule has 1 aromatic carbocycles. The summed E-state index contributed by atoms with van der Waals surface area (Å²) in [6, 6.07) is 17.6. The van der Waals surface area contributed by atoms with Gasteiger partial charge in [-0.05, 0) is 73.8 Å². The Bertz CT molecular complexity index is 1390. The Labute approximate surface area is 238 Å². The van der Waals surface area contributed by atoms with Crippen LogP contribution in [0.1, 0.15) is 76.0 Å². The summed E-state index contributed by atoms with van der Waals surface area (Å²) >= 11 is 0. The number of benzene rings is 1. The molecule has 0 unspecified atom stereocenters. The number of hydrogen-bond donors (Lipinski definition) is 2. The number of aromatic nitrogens is 4. The molecule has 7 heteroatoms. The Morgan fingerprint density at radius 1 is 0.950 bits per heavy atom. The van der Waals surface area contributed by atoms with Crippen LogP contribution in [0.2, 0.25) is 0 Å². The standard InChI is InChI=1S/C31H37N7.C2H6/c1-2-33-24-16-19-37(20-17-24)21-22-10-12-25(13-11-22)38-30(26-9-6-18-34-29(26)32)36-28-15-14-27(35-31(28)38)23-7-4-3-5-8-23;1-2/h2,6,9-15,18,23-24,33H,1,3-5,7-8,16-17,19-21H2,(H2,32,34);1-2H3. The smallest absolute Gasteiger partial charge is 0.165 e. The highest BCUT2D eigenvalue weighted by molar-refractivity contribution is 5.82. The van der Waals surface area contributed by atoms with Crippen molar-refractivity contribution in [1.29, 1.82) is 0 Å². The summed E-state index contributed by atoms with van der Waals surface area (Å²) in [7, 11) is 0. The third-order valence-corrected chi connectivity index (χ3v) is 8.17. The van der Waals surface area contributed by atoms with E-state index in [2.05, 4.69) is 62.7 Å². The third-order valence-electron chi connectivity index (χ3n) is 8.17. The molecule has 7 nitrogen and oxygen atoms in total. The van der Waals surface area contributed by atoms with Crippen molar-refractivity contribution in [3.63, 3.8) is 0 Å². The first-order chi connectivity index (χ1) is 19.7. The zero-order chi connectivity index (χ0) is 27.9. The van der Waals surface area contributed by atoms with E-state index >= 15 is 0 Å². The second-order valence-corrected chi connectivity index (χ2v) is 10.7. The zero-order valence-electron chi connectivity index (χ0n) is 24.0. The van der Waals surface area contributed by atoms with E-state index in [1.807, 2.05) is 32.2 Å². The number of nitrogen functional groups attached to an aromatic ring is 1. The molecular formula is C33H43N7. The summed E-state index contributed by atoms with van der Waals surface area (Å²) in [5.74, 6) is 1.78. The lowest BCUT2D eigenvalue weighted by atomic mass is 9.87. The van der Waals surface area contributed by atoms with Gasteiger partial charge in [0.1, 0.15) is 11.3 Å². The third kappa shape index (κ3) is 6.04. The number of imidazole rings is 1. The molecule has 3 N–H and O–H groups in total.